The predicted molar refractivity (Wildman–Crippen MR) is 108 cm³/mol. The van der Waals surface area contributed by atoms with E-state index in [1.165, 1.54) is 4.70 Å². The topological polar surface area (TPSA) is 72.7 Å². The van der Waals surface area contributed by atoms with Crippen molar-refractivity contribution in [1.82, 2.24) is 25.1 Å². The SMILES string of the molecule is Cc1cc(C(=O)NCCCc2nc3ccccc3s2)c2c(C)nn(C)c2n1. The quantitative estimate of drug-likeness (QED) is 0.538. The zero-order chi connectivity index (χ0) is 19.0. The summed E-state index contributed by atoms with van der Waals surface area (Å²) in [6.45, 7) is 4.41. The number of nitrogens with zero attached hydrogens (tertiary/aromatic N) is 4. The molecule has 3 heterocycles. The van der Waals surface area contributed by atoms with Crippen molar-refractivity contribution in [1.29, 1.82) is 0 Å². The lowest BCUT2D eigenvalue weighted by atomic mass is 10.1. The van der Waals surface area contributed by atoms with Gasteiger partial charge in [-0.15, -0.1) is 11.3 Å². The van der Waals surface area contributed by atoms with E-state index in [-0.39, 0.29) is 5.91 Å². The van der Waals surface area contributed by atoms with Gasteiger partial charge in [0.05, 0.1) is 31.9 Å². The first-order valence-electron chi connectivity index (χ1n) is 8.96. The molecule has 0 aliphatic rings. The van der Waals surface area contributed by atoms with Crippen molar-refractivity contribution in [3.05, 3.63) is 52.3 Å². The maximum absolute atomic E-state index is 12.7. The highest BCUT2D eigenvalue weighted by Crippen LogP contribution is 2.23. The first-order chi connectivity index (χ1) is 13.0. The number of hydrogen-bond acceptors (Lipinski definition) is 5. The van der Waals surface area contributed by atoms with Crippen LogP contribution < -0.4 is 5.32 Å². The Morgan fingerprint density at radius 2 is 2.04 bits per heavy atom. The number of rotatable bonds is 5. The van der Waals surface area contributed by atoms with Crippen LogP contribution in [-0.2, 0) is 13.5 Å². The molecular formula is C20H21N5OS. The zero-order valence-corrected chi connectivity index (χ0v) is 16.4. The lowest BCUT2D eigenvalue weighted by molar-refractivity contribution is 0.0954. The number of aromatic nitrogens is 4. The fourth-order valence-corrected chi connectivity index (χ4v) is 4.32. The van der Waals surface area contributed by atoms with Crippen LogP contribution in [-0.4, -0.2) is 32.2 Å². The Bertz CT molecular complexity index is 1110. The molecule has 0 saturated heterocycles. The van der Waals surface area contributed by atoms with E-state index in [1.807, 2.05) is 45.2 Å². The molecule has 27 heavy (non-hydrogen) atoms. The van der Waals surface area contributed by atoms with E-state index in [9.17, 15) is 4.79 Å². The van der Waals surface area contributed by atoms with Crippen molar-refractivity contribution in [2.45, 2.75) is 26.7 Å². The Hall–Kier alpha value is -2.80. The van der Waals surface area contributed by atoms with Gasteiger partial charge in [0, 0.05) is 25.7 Å². The summed E-state index contributed by atoms with van der Waals surface area (Å²) in [6, 6.07) is 9.99. The predicted octanol–water partition coefficient (Wildman–Crippen LogP) is 3.56. The number of nitrogens with one attached hydrogen (secondary N) is 1. The number of pyridine rings is 1. The van der Waals surface area contributed by atoms with E-state index in [0.717, 1.165) is 45.8 Å². The highest BCUT2D eigenvalue weighted by molar-refractivity contribution is 7.18. The molecule has 138 valence electrons. The summed E-state index contributed by atoms with van der Waals surface area (Å²) in [5.41, 5.74) is 4.06. The number of carbonyl (C=O) groups is 1. The number of aryl methyl sites for hydroxylation is 4. The van der Waals surface area contributed by atoms with Crippen LogP contribution in [0.25, 0.3) is 21.3 Å². The van der Waals surface area contributed by atoms with E-state index in [1.54, 1.807) is 16.0 Å². The average molecular weight is 379 g/mol. The molecule has 1 aromatic carbocycles. The fraction of sp³-hybridized carbons (Fsp3) is 0.300. The first-order valence-corrected chi connectivity index (χ1v) is 9.78. The van der Waals surface area contributed by atoms with Gasteiger partial charge >= 0.3 is 0 Å². The van der Waals surface area contributed by atoms with Gasteiger partial charge in [0.25, 0.3) is 5.91 Å². The van der Waals surface area contributed by atoms with Crippen LogP contribution in [0, 0.1) is 13.8 Å². The van der Waals surface area contributed by atoms with Crippen LogP contribution in [0.2, 0.25) is 0 Å². The second-order valence-corrected chi connectivity index (χ2v) is 7.77. The minimum atomic E-state index is -0.0779. The summed E-state index contributed by atoms with van der Waals surface area (Å²) < 4.78 is 2.93. The fourth-order valence-electron chi connectivity index (χ4n) is 3.31. The smallest absolute Gasteiger partial charge is 0.252 e. The summed E-state index contributed by atoms with van der Waals surface area (Å²) in [5, 5.41) is 9.36. The number of benzene rings is 1. The van der Waals surface area contributed by atoms with Crippen LogP contribution in [0.4, 0.5) is 0 Å². The van der Waals surface area contributed by atoms with Crippen molar-refractivity contribution >= 4 is 38.5 Å². The van der Waals surface area contributed by atoms with Crippen molar-refractivity contribution in [3.63, 3.8) is 0 Å². The number of thiazole rings is 1. The Labute approximate surface area is 161 Å². The van der Waals surface area contributed by atoms with E-state index < -0.39 is 0 Å². The van der Waals surface area contributed by atoms with Gasteiger partial charge in [0.2, 0.25) is 0 Å². The molecule has 4 rings (SSSR count). The van der Waals surface area contributed by atoms with Crippen LogP contribution in [0.1, 0.15) is 33.2 Å². The molecule has 0 saturated carbocycles. The highest BCUT2D eigenvalue weighted by atomic mass is 32.1. The minimum Gasteiger partial charge on any atom is -0.352 e. The molecule has 6 nitrogen and oxygen atoms in total. The second kappa shape index (κ2) is 7.08. The molecule has 1 amide bonds. The number of hydrogen-bond donors (Lipinski definition) is 1. The first kappa shape index (κ1) is 17.6. The molecule has 0 bridgehead atoms. The van der Waals surface area contributed by atoms with Gasteiger partial charge in [-0.05, 0) is 38.5 Å². The molecule has 0 aliphatic heterocycles. The lowest BCUT2D eigenvalue weighted by Crippen LogP contribution is -2.25. The molecule has 7 heteroatoms. The third-order valence-corrected chi connectivity index (χ3v) is 5.63. The summed E-state index contributed by atoms with van der Waals surface area (Å²) in [7, 11) is 1.85. The lowest BCUT2D eigenvalue weighted by Gasteiger charge is -2.07. The van der Waals surface area contributed by atoms with Crippen LogP contribution in [0.3, 0.4) is 0 Å². The Kier molecular flexibility index (Phi) is 4.61. The number of amides is 1. The van der Waals surface area contributed by atoms with Crippen LogP contribution in [0.5, 0.6) is 0 Å². The van der Waals surface area contributed by atoms with Gasteiger partial charge in [-0.2, -0.15) is 5.10 Å². The monoisotopic (exact) mass is 379 g/mol. The average Bonchev–Trinajstić information content (AvgIpc) is 3.18. The van der Waals surface area contributed by atoms with E-state index in [4.69, 9.17) is 0 Å². The van der Waals surface area contributed by atoms with Crippen molar-refractivity contribution in [2.75, 3.05) is 6.54 Å². The Balaban J connectivity index is 1.43. The van der Waals surface area contributed by atoms with E-state index in [0.29, 0.717) is 12.1 Å². The standard InChI is InChI=1S/C20H21N5OS/c1-12-11-14(18-13(2)24-25(3)19(18)22-12)20(26)21-10-6-9-17-23-15-7-4-5-8-16(15)27-17/h4-5,7-8,11H,6,9-10H2,1-3H3,(H,21,26). The summed E-state index contributed by atoms with van der Waals surface area (Å²) in [6.07, 6.45) is 1.71. The maximum atomic E-state index is 12.7. The van der Waals surface area contributed by atoms with Gasteiger partial charge in [-0.3, -0.25) is 9.48 Å². The summed E-state index contributed by atoms with van der Waals surface area (Å²) in [4.78, 5) is 21.9. The molecule has 4 aromatic rings. The van der Waals surface area contributed by atoms with Gasteiger partial charge < -0.3 is 5.32 Å². The molecule has 1 N–H and O–H groups in total. The second-order valence-electron chi connectivity index (χ2n) is 6.65. The summed E-state index contributed by atoms with van der Waals surface area (Å²) in [5.74, 6) is -0.0779. The van der Waals surface area contributed by atoms with Gasteiger partial charge in [0.1, 0.15) is 0 Å². The maximum Gasteiger partial charge on any atom is 0.252 e. The van der Waals surface area contributed by atoms with Crippen LogP contribution >= 0.6 is 11.3 Å². The van der Waals surface area contributed by atoms with E-state index in [2.05, 4.69) is 26.4 Å². The van der Waals surface area contributed by atoms with Gasteiger partial charge in [-0.25, -0.2) is 9.97 Å². The third-order valence-electron chi connectivity index (χ3n) is 4.53. The minimum absolute atomic E-state index is 0.0779. The van der Waals surface area contributed by atoms with Crippen molar-refractivity contribution in [2.24, 2.45) is 7.05 Å². The number of carbonyl (C=O) groups excluding carboxylic acids is 1. The van der Waals surface area contributed by atoms with Gasteiger partial charge in [0.15, 0.2) is 5.65 Å². The summed E-state index contributed by atoms with van der Waals surface area (Å²) >= 11 is 1.72. The Morgan fingerprint density at radius 3 is 2.85 bits per heavy atom. The largest absolute Gasteiger partial charge is 0.352 e. The van der Waals surface area contributed by atoms with E-state index >= 15 is 0 Å². The van der Waals surface area contributed by atoms with Gasteiger partial charge in [-0.1, -0.05) is 12.1 Å². The van der Waals surface area contributed by atoms with Crippen molar-refractivity contribution < 1.29 is 4.79 Å². The molecule has 0 unspecified atom stereocenters. The third kappa shape index (κ3) is 3.42. The molecule has 0 radical (unpaired) electrons. The molecule has 3 aromatic heterocycles. The zero-order valence-electron chi connectivity index (χ0n) is 15.6. The molecular weight excluding hydrogens is 358 g/mol. The van der Waals surface area contributed by atoms with Crippen molar-refractivity contribution in [3.8, 4) is 0 Å². The Morgan fingerprint density at radius 1 is 1.22 bits per heavy atom. The molecule has 0 aliphatic carbocycles. The molecule has 0 fully saturated rings. The highest BCUT2D eigenvalue weighted by Gasteiger charge is 2.17. The number of para-hydroxylation sites is 1. The molecule has 0 spiro atoms. The molecule has 0 atom stereocenters. The normalized spacial score (nSPS) is 11.4. The van der Waals surface area contributed by atoms with Crippen LogP contribution in [0.15, 0.2) is 30.3 Å². The number of fused-ring (bicyclic) bond motifs is 2.